The molecule has 0 aliphatic heterocycles. The molecular formula is C28H29N3O4. The molecule has 0 aliphatic rings. The molecule has 0 aliphatic carbocycles. The number of carbonyl (C=O) groups excluding carboxylic acids is 2. The van der Waals surface area contributed by atoms with E-state index < -0.39 is 12.1 Å². The fourth-order valence-electron chi connectivity index (χ4n) is 3.95. The summed E-state index contributed by atoms with van der Waals surface area (Å²) < 4.78 is 10.8. The van der Waals surface area contributed by atoms with Crippen molar-refractivity contribution in [3.63, 3.8) is 0 Å². The molecule has 1 unspecified atom stereocenters. The van der Waals surface area contributed by atoms with Crippen LogP contribution in [-0.2, 0) is 16.0 Å². The van der Waals surface area contributed by atoms with E-state index in [2.05, 4.69) is 15.3 Å². The van der Waals surface area contributed by atoms with Crippen LogP contribution in [0, 0.1) is 6.92 Å². The number of nitrogens with zero attached hydrogens (tertiary/aromatic N) is 1. The van der Waals surface area contributed by atoms with Gasteiger partial charge in [0.25, 0.3) is 5.91 Å². The summed E-state index contributed by atoms with van der Waals surface area (Å²) in [6.45, 7) is 5.80. The lowest BCUT2D eigenvalue weighted by Crippen LogP contribution is -2.32. The Labute approximate surface area is 204 Å². The maximum atomic E-state index is 12.9. The Hall–Kier alpha value is -4.13. The summed E-state index contributed by atoms with van der Waals surface area (Å²) in [5.41, 5.74) is 5.46. The van der Waals surface area contributed by atoms with Crippen molar-refractivity contribution in [2.75, 3.05) is 12.4 Å². The van der Waals surface area contributed by atoms with Gasteiger partial charge in [-0.2, -0.15) is 0 Å². The third-order valence-electron chi connectivity index (χ3n) is 5.98. The highest BCUT2D eigenvalue weighted by Crippen LogP contribution is 2.25. The van der Waals surface area contributed by atoms with Crippen molar-refractivity contribution in [2.24, 2.45) is 0 Å². The number of aryl methyl sites for hydroxylation is 2. The minimum absolute atomic E-state index is 0.339. The highest BCUT2D eigenvalue weighted by atomic mass is 16.5. The fraction of sp³-hybridized carbons (Fsp3) is 0.250. The highest BCUT2D eigenvalue weighted by Gasteiger charge is 2.23. The second-order valence-corrected chi connectivity index (χ2v) is 8.30. The lowest BCUT2D eigenvalue weighted by atomic mass is 10.1. The van der Waals surface area contributed by atoms with Gasteiger partial charge >= 0.3 is 5.97 Å². The number of hydrogen-bond donors (Lipinski definition) is 2. The Morgan fingerprint density at radius 3 is 2.51 bits per heavy atom. The summed E-state index contributed by atoms with van der Waals surface area (Å²) in [5.74, 6) is 0.547. The molecule has 0 saturated carbocycles. The Morgan fingerprint density at radius 1 is 1.06 bits per heavy atom. The van der Waals surface area contributed by atoms with Gasteiger partial charge in [-0.05, 0) is 73.4 Å². The van der Waals surface area contributed by atoms with Gasteiger partial charge in [0, 0.05) is 11.3 Å². The van der Waals surface area contributed by atoms with Gasteiger partial charge in [0.15, 0.2) is 6.10 Å². The zero-order valence-corrected chi connectivity index (χ0v) is 20.3. The molecule has 4 aromatic rings. The first-order valence-electron chi connectivity index (χ1n) is 11.7. The van der Waals surface area contributed by atoms with Crippen LogP contribution >= 0.6 is 0 Å². The van der Waals surface area contributed by atoms with Crippen molar-refractivity contribution in [1.29, 1.82) is 0 Å². The van der Waals surface area contributed by atoms with Gasteiger partial charge in [-0.15, -0.1) is 0 Å². The first-order chi connectivity index (χ1) is 16.9. The smallest absolute Gasteiger partial charge is 0.338 e. The predicted octanol–water partition coefficient (Wildman–Crippen LogP) is 5.68. The van der Waals surface area contributed by atoms with Gasteiger partial charge in [0.2, 0.25) is 0 Å². The Bertz CT molecular complexity index is 1360. The van der Waals surface area contributed by atoms with Crippen LogP contribution in [0.15, 0.2) is 60.7 Å². The molecule has 0 radical (unpaired) electrons. The number of H-pyrrole nitrogens is 1. The highest BCUT2D eigenvalue weighted by molar-refractivity contribution is 5.99. The van der Waals surface area contributed by atoms with E-state index in [1.54, 1.807) is 25.3 Å². The van der Waals surface area contributed by atoms with Gasteiger partial charge in [-0.3, -0.25) is 4.79 Å². The number of aromatic amines is 1. The quantitative estimate of drug-likeness (QED) is 0.322. The topological polar surface area (TPSA) is 93.3 Å². The normalized spacial score (nSPS) is 11.8. The van der Waals surface area contributed by atoms with Gasteiger partial charge < -0.3 is 19.8 Å². The predicted molar refractivity (Wildman–Crippen MR) is 137 cm³/mol. The summed E-state index contributed by atoms with van der Waals surface area (Å²) >= 11 is 0. The number of imidazole rings is 1. The SMILES string of the molecule is CCc1cccc(C)c1NC(=O)C(CC)OC(=O)c1ccc2nc(-c3ccc(OC)cc3)[nH]c2c1. The van der Waals surface area contributed by atoms with Crippen LogP contribution in [0.2, 0.25) is 0 Å². The van der Waals surface area contributed by atoms with Crippen molar-refractivity contribution in [3.8, 4) is 17.1 Å². The number of carbonyl (C=O) groups is 2. The number of esters is 1. The van der Waals surface area contributed by atoms with Crippen LogP contribution in [0.5, 0.6) is 5.75 Å². The van der Waals surface area contributed by atoms with E-state index in [1.165, 1.54) is 0 Å². The molecule has 0 fully saturated rings. The molecule has 180 valence electrons. The number of nitrogens with one attached hydrogen (secondary N) is 2. The third kappa shape index (κ3) is 5.19. The molecule has 1 heterocycles. The summed E-state index contributed by atoms with van der Waals surface area (Å²) in [7, 11) is 1.62. The van der Waals surface area contributed by atoms with E-state index in [-0.39, 0.29) is 5.91 Å². The van der Waals surface area contributed by atoms with E-state index in [0.29, 0.717) is 23.3 Å². The van der Waals surface area contributed by atoms with E-state index in [0.717, 1.165) is 40.1 Å². The van der Waals surface area contributed by atoms with Gasteiger partial charge in [0.1, 0.15) is 11.6 Å². The maximum absolute atomic E-state index is 12.9. The monoisotopic (exact) mass is 471 g/mol. The number of ether oxygens (including phenoxy) is 2. The number of para-hydroxylation sites is 1. The first kappa shape index (κ1) is 24.0. The van der Waals surface area contributed by atoms with Crippen LogP contribution in [0.3, 0.4) is 0 Å². The van der Waals surface area contributed by atoms with Crippen molar-refractivity contribution in [3.05, 3.63) is 77.4 Å². The zero-order valence-electron chi connectivity index (χ0n) is 20.3. The van der Waals surface area contributed by atoms with E-state index in [4.69, 9.17) is 9.47 Å². The summed E-state index contributed by atoms with van der Waals surface area (Å²) in [5, 5.41) is 2.96. The molecule has 0 saturated heterocycles. The summed E-state index contributed by atoms with van der Waals surface area (Å²) in [6, 6.07) is 18.6. The van der Waals surface area contributed by atoms with Crippen LogP contribution in [0.4, 0.5) is 5.69 Å². The van der Waals surface area contributed by atoms with Crippen LogP contribution in [0.25, 0.3) is 22.4 Å². The van der Waals surface area contributed by atoms with Crippen LogP contribution < -0.4 is 10.1 Å². The largest absolute Gasteiger partial charge is 0.497 e. The zero-order chi connectivity index (χ0) is 24.9. The van der Waals surface area contributed by atoms with E-state index >= 15 is 0 Å². The molecule has 2 N–H and O–H groups in total. The average molecular weight is 472 g/mol. The molecule has 4 rings (SSSR count). The standard InChI is InChI=1S/C28H29N3O4/c1-5-18-9-7-8-17(3)25(18)31-27(32)24(6-2)35-28(33)20-12-15-22-23(16-20)30-26(29-22)19-10-13-21(34-4)14-11-19/h7-16,24H,5-6H2,1-4H3,(H,29,30)(H,31,32). The van der Waals surface area contributed by atoms with Gasteiger partial charge in [-0.1, -0.05) is 32.0 Å². The van der Waals surface area contributed by atoms with E-state index in [1.807, 2.05) is 63.2 Å². The molecule has 35 heavy (non-hydrogen) atoms. The molecule has 0 bridgehead atoms. The third-order valence-corrected chi connectivity index (χ3v) is 5.98. The van der Waals surface area contributed by atoms with Crippen molar-refractivity contribution in [2.45, 2.75) is 39.7 Å². The lowest BCUT2D eigenvalue weighted by Gasteiger charge is -2.18. The summed E-state index contributed by atoms with van der Waals surface area (Å²) in [4.78, 5) is 33.7. The fourth-order valence-corrected chi connectivity index (χ4v) is 3.95. The van der Waals surface area contributed by atoms with Crippen molar-refractivity contribution < 1.29 is 19.1 Å². The molecule has 7 heteroatoms. The molecular weight excluding hydrogens is 442 g/mol. The molecule has 3 aromatic carbocycles. The minimum Gasteiger partial charge on any atom is -0.497 e. The van der Waals surface area contributed by atoms with Crippen molar-refractivity contribution >= 4 is 28.6 Å². The van der Waals surface area contributed by atoms with Crippen LogP contribution in [-0.4, -0.2) is 35.1 Å². The number of benzene rings is 3. The Balaban J connectivity index is 1.50. The molecule has 7 nitrogen and oxygen atoms in total. The average Bonchev–Trinajstić information content (AvgIpc) is 3.31. The van der Waals surface area contributed by atoms with E-state index in [9.17, 15) is 9.59 Å². The number of fused-ring (bicyclic) bond motifs is 1. The number of anilines is 1. The van der Waals surface area contributed by atoms with Crippen molar-refractivity contribution in [1.82, 2.24) is 9.97 Å². The number of rotatable bonds is 8. The molecule has 1 amide bonds. The number of aromatic nitrogens is 2. The summed E-state index contributed by atoms with van der Waals surface area (Å²) in [6.07, 6.45) is 0.245. The minimum atomic E-state index is -0.904. The second kappa shape index (κ2) is 10.4. The number of hydrogen-bond acceptors (Lipinski definition) is 5. The first-order valence-corrected chi connectivity index (χ1v) is 11.7. The second-order valence-electron chi connectivity index (χ2n) is 8.30. The molecule has 0 spiro atoms. The van der Waals surface area contributed by atoms with Gasteiger partial charge in [-0.25, -0.2) is 9.78 Å². The molecule has 1 aromatic heterocycles. The van der Waals surface area contributed by atoms with Crippen LogP contribution in [0.1, 0.15) is 41.8 Å². The maximum Gasteiger partial charge on any atom is 0.338 e. The Kier molecular flexibility index (Phi) is 7.15. The number of methoxy groups -OCH3 is 1. The van der Waals surface area contributed by atoms with Gasteiger partial charge in [0.05, 0.1) is 23.7 Å². The Morgan fingerprint density at radius 2 is 1.83 bits per heavy atom. The number of amides is 1. The molecule has 1 atom stereocenters. The lowest BCUT2D eigenvalue weighted by molar-refractivity contribution is -0.124.